The van der Waals surface area contributed by atoms with Crippen molar-refractivity contribution in [1.82, 2.24) is 10.2 Å². The summed E-state index contributed by atoms with van der Waals surface area (Å²) in [4.78, 5) is 2.33. The van der Waals surface area contributed by atoms with Gasteiger partial charge in [-0.05, 0) is 44.6 Å². The molecule has 1 aromatic rings. The molecule has 0 aliphatic carbocycles. The number of nitrogens with one attached hydrogen (secondary N) is 1. The molecule has 1 aromatic carbocycles. The van der Waals surface area contributed by atoms with E-state index in [9.17, 15) is 0 Å². The largest absolute Gasteiger partial charge is 0.333 e. The van der Waals surface area contributed by atoms with Crippen molar-refractivity contribution < 1.29 is 0 Å². The van der Waals surface area contributed by atoms with Gasteiger partial charge in [0.15, 0.2) is 0 Å². The minimum absolute atomic E-state index is 0.720. The maximum Gasteiger partial charge on any atom is 0.0991 e. The van der Waals surface area contributed by atoms with E-state index in [0.717, 1.165) is 31.5 Å². The highest BCUT2D eigenvalue weighted by molar-refractivity contribution is 5.31. The number of nitrogens with zero attached hydrogens (tertiary/aromatic N) is 2. The smallest absolute Gasteiger partial charge is 0.0991 e. The SMILES string of the molecule is C=CCCc1ccc(C#N)cc1.CC.CN.CN1CCNCC1. The number of hydrogen-bond acceptors (Lipinski definition) is 4. The molecule has 0 saturated carbocycles. The highest BCUT2D eigenvalue weighted by atomic mass is 15.2. The van der Waals surface area contributed by atoms with Crippen LogP contribution in [0.25, 0.3) is 0 Å². The van der Waals surface area contributed by atoms with Gasteiger partial charge in [0.25, 0.3) is 0 Å². The van der Waals surface area contributed by atoms with E-state index in [0.29, 0.717) is 0 Å². The first-order valence-electron chi connectivity index (χ1n) is 8.33. The number of piperazine rings is 1. The normalized spacial score (nSPS) is 12.9. The quantitative estimate of drug-likeness (QED) is 0.841. The van der Waals surface area contributed by atoms with Crippen molar-refractivity contribution in [3.63, 3.8) is 0 Å². The number of nitrogens with two attached hydrogens (primary N) is 1. The van der Waals surface area contributed by atoms with Crippen molar-refractivity contribution in [1.29, 1.82) is 5.26 Å². The van der Waals surface area contributed by atoms with Crippen LogP contribution in [0, 0.1) is 11.3 Å². The van der Waals surface area contributed by atoms with Crippen LogP contribution in [0.3, 0.4) is 0 Å². The summed E-state index contributed by atoms with van der Waals surface area (Å²) in [6, 6.07) is 9.76. The minimum atomic E-state index is 0.720. The molecule has 0 atom stereocenters. The van der Waals surface area contributed by atoms with Gasteiger partial charge in [-0.1, -0.05) is 32.1 Å². The zero-order valence-corrected chi connectivity index (χ0v) is 15.3. The molecule has 3 N–H and O–H groups in total. The van der Waals surface area contributed by atoms with Crippen LogP contribution in [0.4, 0.5) is 0 Å². The van der Waals surface area contributed by atoms with E-state index >= 15 is 0 Å². The van der Waals surface area contributed by atoms with Crippen molar-refractivity contribution in [3.05, 3.63) is 48.0 Å². The Morgan fingerprint density at radius 1 is 1.22 bits per heavy atom. The van der Waals surface area contributed by atoms with Gasteiger partial charge in [-0.3, -0.25) is 0 Å². The fourth-order valence-corrected chi connectivity index (χ4v) is 1.79. The van der Waals surface area contributed by atoms with Crippen LogP contribution in [0.15, 0.2) is 36.9 Å². The van der Waals surface area contributed by atoms with Gasteiger partial charge in [-0.15, -0.1) is 6.58 Å². The number of benzene rings is 1. The van der Waals surface area contributed by atoms with Gasteiger partial charge < -0.3 is 16.0 Å². The monoisotopic (exact) mass is 318 g/mol. The van der Waals surface area contributed by atoms with Gasteiger partial charge in [0.2, 0.25) is 0 Å². The van der Waals surface area contributed by atoms with Crippen LogP contribution in [0.1, 0.15) is 31.4 Å². The fraction of sp³-hybridized carbons (Fsp3) is 0.526. The molecule has 23 heavy (non-hydrogen) atoms. The molecule has 1 heterocycles. The average Bonchev–Trinajstić information content (AvgIpc) is 2.65. The second-order valence-corrected chi connectivity index (χ2v) is 4.69. The number of rotatable bonds is 3. The molecule has 0 spiro atoms. The minimum Gasteiger partial charge on any atom is -0.333 e. The molecule has 2 rings (SSSR count). The highest BCUT2D eigenvalue weighted by Crippen LogP contribution is 2.05. The van der Waals surface area contributed by atoms with Crippen molar-refractivity contribution in [2.24, 2.45) is 5.73 Å². The predicted molar refractivity (Wildman–Crippen MR) is 102 cm³/mol. The van der Waals surface area contributed by atoms with Crippen molar-refractivity contribution in [2.45, 2.75) is 26.7 Å². The molecule has 1 aliphatic heterocycles. The summed E-state index contributed by atoms with van der Waals surface area (Å²) in [5, 5.41) is 11.8. The maximum atomic E-state index is 8.54. The Morgan fingerprint density at radius 3 is 2.09 bits per heavy atom. The molecule has 0 bridgehead atoms. The average molecular weight is 319 g/mol. The van der Waals surface area contributed by atoms with Crippen LogP contribution >= 0.6 is 0 Å². The number of allylic oxidation sites excluding steroid dienone is 1. The number of hydrogen-bond donors (Lipinski definition) is 2. The molecule has 4 nitrogen and oxygen atoms in total. The topological polar surface area (TPSA) is 65.1 Å². The molecule has 1 fully saturated rings. The summed E-state index contributed by atoms with van der Waals surface area (Å²) >= 11 is 0. The lowest BCUT2D eigenvalue weighted by Gasteiger charge is -2.21. The number of nitriles is 1. The molecule has 0 unspecified atom stereocenters. The van der Waals surface area contributed by atoms with E-state index in [4.69, 9.17) is 5.26 Å². The molecular formula is C19H34N4. The van der Waals surface area contributed by atoms with Crippen LogP contribution in [-0.2, 0) is 6.42 Å². The van der Waals surface area contributed by atoms with Gasteiger partial charge in [0.1, 0.15) is 0 Å². The first-order valence-corrected chi connectivity index (χ1v) is 8.33. The van der Waals surface area contributed by atoms with Crippen molar-refractivity contribution in [3.8, 4) is 6.07 Å². The first kappa shape index (κ1) is 23.6. The number of likely N-dealkylation sites (N-methyl/N-ethyl adjacent to an activating group) is 1. The first-order chi connectivity index (χ1) is 11.3. The van der Waals surface area contributed by atoms with Gasteiger partial charge in [0, 0.05) is 26.2 Å². The third kappa shape index (κ3) is 13.7. The Kier molecular flexibility index (Phi) is 18.9. The molecule has 0 aromatic heterocycles. The fourth-order valence-electron chi connectivity index (χ4n) is 1.79. The summed E-state index contributed by atoms with van der Waals surface area (Å²) in [5.74, 6) is 0. The molecule has 1 saturated heterocycles. The summed E-state index contributed by atoms with van der Waals surface area (Å²) in [5.41, 5.74) is 6.48. The molecule has 0 amide bonds. The summed E-state index contributed by atoms with van der Waals surface area (Å²) < 4.78 is 0. The zero-order chi connectivity index (χ0) is 17.9. The Bertz CT molecular complexity index is 400. The van der Waals surface area contributed by atoms with Crippen LogP contribution < -0.4 is 11.1 Å². The van der Waals surface area contributed by atoms with Crippen LogP contribution in [0.5, 0.6) is 0 Å². The van der Waals surface area contributed by atoms with E-state index in [2.05, 4.69) is 35.6 Å². The van der Waals surface area contributed by atoms with Crippen LogP contribution in [-0.4, -0.2) is 45.2 Å². The third-order valence-electron chi connectivity index (χ3n) is 3.06. The van der Waals surface area contributed by atoms with Gasteiger partial charge >= 0.3 is 0 Å². The van der Waals surface area contributed by atoms with E-state index in [1.54, 1.807) is 0 Å². The molecule has 130 valence electrons. The lowest BCUT2D eigenvalue weighted by molar-refractivity contribution is 0.291. The molecule has 4 heteroatoms. The molecular weight excluding hydrogens is 284 g/mol. The van der Waals surface area contributed by atoms with Gasteiger partial charge in [0.05, 0.1) is 11.6 Å². The molecule has 1 aliphatic rings. The van der Waals surface area contributed by atoms with E-state index in [1.807, 2.05) is 44.2 Å². The Hall–Kier alpha value is -1.67. The van der Waals surface area contributed by atoms with Crippen LogP contribution in [0.2, 0.25) is 0 Å². The number of aryl methyl sites for hydroxylation is 1. The highest BCUT2D eigenvalue weighted by Gasteiger charge is 2.01. The maximum absolute atomic E-state index is 8.54. The zero-order valence-electron chi connectivity index (χ0n) is 15.3. The standard InChI is InChI=1S/C11H11N.C5H12N2.C2H6.CH5N/c1-2-3-4-10-5-7-11(9-12)8-6-10;1-7-4-2-6-3-5-7;2*1-2/h2,5-8H,1,3-4H2;6H,2-5H2,1H3;1-2H3;2H2,1H3. The van der Waals surface area contributed by atoms with Gasteiger partial charge in [-0.25, -0.2) is 0 Å². The van der Waals surface area contributed by atoms with Gasteiger partial charge in [-0.2, -0.15) is 5.26 Å². The van der Waals surface area contributed by atoms with E-state index in [-0.39, 0.29) is 0 Å². The lowest BCUT2D eigenvalue weighted by atomic mass is 10.1. The second kappa shape index (κ2) is 18.4. The Morgan fingerprint density at radius 2 is 1.74 bits per heavy atom. The van der Waals surface area contributed by atoms with E-state index in [1.165, 1.54) is 25.7 Å². The Balaban J connectivity index is 0. The van der Waals surface area contributed by atoms with Crippen molar-refractivity contribution >= 4 is 0 Å². The summed E-state index contributed by atoms with van der Waals surface area (Å²) in [6.45, 7) is 12.4. The van der Waals surface area contributed by atoms with E-state index < -0.39 is 0 Å². The third-order valence-corrected chi connectivity index (χ3v) is 3.06. The Labute approximate surface area is 143 Å². The van der Waals surface area contributed by atoms with Crippen molar-refractivity contribution in [2.75, 3.05) is 40.3 Å². The lowest BCUT2D eigenvalue weighted by Crippen LogP contribution is -2.40. The summed E-state index contributed by atoms with van der Waals surface area (Å²) in [7, 11) is 3.65. The molecule has 0 radical (unpaired) electrons. The second-order valence-electron chi connectivity index (χ2n) is 4.69. The predicted octanol–water partition coefficient (Wildman–Crippen LogP) is 2.80. The summed E-state index contributed by atoms with van der Waals surface area (Å²) in [6.07, 6.45) is 3.90.